The van der Waals surface area contributed by atoms with Crippen LogP contribution in [-0.4, -0.2) is 21.7 Å². The van der Waals surface area contributed by atoms with Crippen LogP contribution in [0, 0.1) is 0 Å². The molecule has 2 N–H and O–H groups in total. The molecular weight excluding hydrogens is 208 g/mol. The van der Waals surface area contributed by atoms with Gasteiger partial charge in [-0.15, -0.1) is 6.58 Å². The smallest absolute Gasteiger partial charge is 0.176 e. The van der Waals surface area contributed by atoms with Crippen LogP contribution in [-0.2, 0) is 0 Å². The summed E-state index contributed by atoms with van der Waals surface area (Å²) < 4.78 is 0. The second kappa shape index (κ2) is 4.00. The van der Waals surface area contributed by atoms with Crippen LogP contribution in [0.1, 0.15) is 11.8 Å². The third kappa shape index (κ3) is 1.73. The van der Waals surface area contributed by atoms with Gasteiger partial charge < -0.3 is 15.3 Å². The van der Waals surface area contributed by atoms with Crippen molar-refractivity contribution < 1.29 is 5.11 Å². The first-order chi connectivity index (χ1) is 7.24. The van der Waals surface area contributed by atoms with Crippen LogP contribution in [0.4, 0.5) is 5.69 Å². The van der Waals surface area contributed by atoms with E-state index in [4.69, 9.17) is 12.2 Å². The van der Waals surface area contributed by atoms with E-state index >= 15 is 0 Å². The molecule has 78 valence electrons. The van der Waals surface area contributed by atoms with Crippen molar-refractivity contribution in [3.63, 3.8) is 0 Å². The van der Waals surface area contributed by atoms with Gasteiger partial charge >= 0.3 is 0 Å². The van der Waals surface area contributed by atoms with E-state index in [0.29, 0.717) is 11.7 Å². The molecule has 0 amide bonds. The number of hydrogen-bond acceptors (Lipinski definition) is 2. The minimum absolute atomic E-state index is 0.529. The van der Waals surface area contributed by atoms with Gasteiger partial charge in [0.05, 0.1) is 0 Å². The van der Waals surface area contributed by atoms with E-state index < -0.39 is 6.23 Å². The van der Waals surface area contributed by atoms with Crippen molar-refractivity contribution in [3.05, 3.63) is 42.5 Å². The average molecular weight is 220 g/mol. The average Bonchev–Trinajstić information content (AvgIpc) is 2.24. The van der Waals surface area contributed by atoms with Gasteiger partial charge in [-0.1, -0.05) is 24.3 Å². The van der Waals surface area contributed by atoms with E-state index in [-0.39, 0.29) is 0 Å². The fraction of sp³-hybridized carbons (Fsp3) is 0.182. The zero-order valence-corrected chi connectivity index (χ0v) is 9.00. The molecule has 1 atom stereocenters. The molecule has 0 bridgehead atoms. The molecule has 1 aliphatic rings. The Morgan fingerprint density at radius 1 is 1.53 bits per heavy atom. The highest BCUT2D eigenvalue weighted by Gasteiger charge is 2.26. The first-order valence-electron chi connectivity index (χ1n) is 4.69. The molecule has 0 saturated carbocycles. The Hall–Kier alpha value is -1.39. The number of benzene rings is 1. The number of rotatable bonds is 2. The molecule has 0 aromatic heterocycles. The summed E-state index contributed by atoms with van der Waals surface area (Å²) in [6.07, 6.45) is 1.03. The van der Waals surface area contributed by atoms with Crippen molar-refractivity contribution in [1.29, 1.82) is 0 Å². The maximum absolute atomic E-state index is 10.1. The molecule has 1 aromatic rings. The van der Waals surface area contributed by atoms with Gasteiger partial charge in [0.15, 0.2) is 11.3 Å². The number of fused-ring (bicyclic) bond motifs is 1. The summed E-state index contributed by atoms with van der Waals surface area (Å²) in [6, 6.07) is 7.58. The van der Waals surface area contributed by atoms with Crippen LogP contribution in [0.3, 0.4) is 0 Å². The Bertz CT molecular complexity index is 405. The molecule has 1 aromatic carbocycles. The van der Waals surface area contributed by atoms with Gasteiger partial charge in [-0.25, -0.2) is 0 Å². The second-order valence-corrected chi connectivity index (χ2v) is 3.72. The number of aliphatic hydroxyl groups is 1. The topological polar surface area (TPSA) is 35.5 Å². The van der Waals surface area contributed by atoms with Crippen LogP contribution >= 0.6 is 12.2 Å². The highest BCUT2D eigenvalue weighted by atomic mass is 32.1. The maximum Gasteiger partial charge on any atom is 0.176 e. The van der Waals surface area contributed by atoms with Gasteiger partial charge in [0.1, 0.15) is 0 Å². The summed E-state index contributed by atoms with van der Waals surface area (Å²) in [6.45, 7) is 4.17. The fourth-order valence-electron chi connectivity index (χ4n) is 1.62. The van der Waals surface area contributed by atoms with Crippen molar-refractivity contribution in [2.24, 2.45) is 0 Å². The summed E-state index contributed by atoms with van der Waals surface area (Å²) in [4.78, 5) is 1.69. The molecule has 0 saturated heterocycles. The summed E-state index contributed by atoms with van der Waals surface area (Å²) in [5.41, 5.74) is 1.71. The third-order valence-corrected chi connectivity index (χ3v) is 2.70. The Morgan fingerprint density at radius 2 is 2.27 bits per heavy atom. The van der Waals surface area contributed by atoms with Crippen molar-refractivity contribution in [2.75, 3.05) is 11.9 Å². The number of nitrogens with zero attached hydrogens (tertiary/aromatic N) is 1. The van der Waals surface area contributed by atoms with Gasteiger partial charge in [0.25, 0.3) is 0 Å². The maximum atomic E-state index is 10.1. The van der Waals surface area contributed by atoms with E-state index in [1.54, 1.807) is 11.0 Å². The Balaban J connectivity index is 2.38. The van der Waals surface area contributed by atoms with Crippen LogP contribution in [0.5, 0.6) is 0 Å². The monoisotopic (exact) mass is 220 g/mol. The molecular formula is C11H12N2OS. The van der Waals surface area contributed by atoms with Crippen LogP contribution in [0.25, 0.3) is 0 Å². The standard InChI is InChI=1S/C11H12N2OS/c1-2-7-13-10(14)8-5-3-4-6-9(8)12-11(13)15/h2-6,10,14H,1,7H2,(H,12,15). The number of anilines is 1. The summed E-state index contributed by atoms with van der Waals surface area (Å²) in [5.74, 6) is 0. The lowest BCUT2D eigenvalue weighted by atomic mass is 10.1. The molecule has 0 radical (unpaired) electrons. The predicted molar refractivity (Wildman–Crippen MR) is 64.5 cm³/mol. The van der Waals surface area contributed by atoms with Gasteiger partial charge in [-0.2, -0.15) is 0 Å². The minimum atomic E-state index is -0.687. The lowest BCUT2D eigenvalue weighted by Gasteiger charge is -2.35. The molecule has 2 rings (SSSR count). The molecule has 0 aliphatic carbocycles. The number of hydrogen-bond donors (Lipinski definition) is 2. The fourth-order valence-corrected chi connectivity index (χ4v) is 1.91. The largest absolute Gasteiger partial charge is 0.369 e. The van der Waals surface area contributed by atoms with E-state index in [2.05, 4.69) is 11.9 Å². The summed E-state index contributed by atoms with van der Waals surface area (Å²) in [5, 5.41) is 13.7. The van der Waals surface area contributed by atoms with Gasteiger partial charge in [0, 0.05) is 17.8 Å². The van der Waals surface area contributed by atoms with Crippen LogP contribution in [0.15, 0.2) is 36.9 Å². The predicted octanol–water partition coefficient (Wildman–Crippen LogP) is 1.88. The normalized spacial score (nSPS) is 19.4. The van der Waals surface area contributed by atoms with Crippen LogP contribution in [0.2, 0.25) is 0 Å². The molecule has 0 fully saturated rings. The van der Waals surface area contributed by atoms with E-state index in [1.165, 1.54) is 0 Å². The van der Waals surface area contributed by atoms with E-state index in [9.17, 15) is 5.11 Å². The molecule has 1 unspecified atom stereocenters. The Labute approximate surface area is 94.0 Å². The number of nitrogens with one attached hydrogen (secondary N) is 1. The lowest BCUT2D eigenvalue weighted by Crippen LogP contribution is -2.42. The minimum Gasteiger partial charge on any atom is -0.369 e. The first-order valence-corrected chi connectivity index (χ1v) is 5.10. The van der Waals surface area contributed by atoms with Gasteiger partial charge in [-0.05, 0) is 18.3 Å². The van der Waals surface area contributed by atoms with Crippen molar-refractivity contribution in [3.8, 4) is 0 Å². The Morgan fingerprint density at radius 3 is 3.00 bits per heavy atom. The molecule has 4 heteroatoms. The quantitative estimate of drug-likeness (QED) is 0.589. The lowest BCUT2D eigenvalue weighted by molar-refractivity contribution is 0.0596. The van der Waals surface area contributed by atoms with Crippen molar-refractivity contribution >= 4 is 23.0 Å². The van der Waals surface area contributed by atoms with Crippen molar-refractivity contribution in [1.82, 2.24) is 4.90 Å². The Kier molecular flexibility index (Phi) is 2.70. The third-order valence-electron chi connectivity index (χ3n) is 2.36. The second-order valence-electron chi connectivity index (χ2n) is 3.33. The SMILES string of the molecule is C=CCN1C(=S)Nc2ccccc2C1O. The highest BCUT2D eigenvalue weighted by Crippen LogP contribution is 2.30. The zero-order chi connectivity index (χ0) is 10.8. The number of aliphatic hydroxyl groups excluding tert-OH is 1. The highest BCUT2D eigenvalue weighted by molar-refractivity contribution is 7.80. The van der Waals surface area contributed by atoms with Crippen molar-refractivity contribution in [2.45, 2.75) is 6.23 Å². The summed E-state index contributed by atoms with van der Waals surface area (Å²) >= 11 is 5.15. The zero-order valence-electron chi connectivity index (χ0n) is 8.18. The first kappa shape index (κ1) is 10.1. The molecule has 1 heterocycles. The summed E-state index contributed by atoms with van der Waals surface area (Å²) in [7, 11) is 0. The van der Waals surface area contributed by atoms with E-state index in [0.717, 1.165) is 11.3 Å². The number of para-hydroxylation sites is 1. The molecule has 3 nitrogen and oxygen atoms in total. The molecule has 1 aliphatic heterocycles. The molecule has 15 heavy (non-hydrogen) atoms. The number of thiocarbonyl (C=S) groups is 1. The van der Waals surface area contributed by atoms with Gasteiger partial charge in [0.2, 0.25) is 0 Å². The van der Waals surface area contributed by atoms with E-state index in [1.807, 2.05) is 24.3 Å². The molecule has 0 spiro atoms. The van der Waals surface area contributed by atoms with Gasteiger partial charge in [-0.3, -0.25) is 0 Å². The van der Waals surface area contributed by atoms with Crippen LogP contribution < -0.4 is 5.32 Å².